The van der Waals surface area contributed by atoms with Gasteiger partial charge in [0.25, 0.3) is 0 Å². The number of halogens is 1. The molecular weight excluding hydrogens is 201 g/mol. The molecule has 3 N–H and O–H groups in total. The van der Waals surface area contributed by atoms with Gasteiger partial charge in [-0.25, -0.2) is 4.39 Å². The number of amides is 1. The molecule has 0 heterocycles. The normalized spacial score (nSPS) is 10.1. The zero-order valence-corrected chi connectivity index (χ0v) is 8.29. The molecule has 15 heavy (non-hydrogen) atoms. The standard InChI is InChI=1S/C10H12FNO3/c1-6-4-8(11)9(15-3-2-13)5-7(6)10(12)14/h4-5,13H,2-3H2,1H3,(H2,12,14). The van der Waals surface area contributed by atoms with Gasteiger partial charge in [-0.05, 0) is 24.6 Å². The number of hydrogen-bond donors (Lipinski definition) is 2. The van der Waals surface area contributed by atoms with E-state index in [-0.39, 0.29) is 24.5 Å². The summed E-state index contributed by atoms with van der Waals surface area (Å²) in [5.41, 5.74) is 5.76. The van der Waals surface area contributed by atoms with Crippen LogP contribution in [-0.4, -0.2) is 24.2 Å². The maximum absolute atomic E-state index is 13.3. The third-order valence-electron chi connectivity index (χ3n) is 1.89. The lowest BCUT2D eigenvalue weighted by Crippen LogP contribution is -2.14. The summed E-state index contributed by atoms with van der Waals surface area (Å²) in [6.45, 7) is 1.33. The highest BCUT2D eigenvalue weighted by Crippen LogP contribution is 2.21. The monoisotopic (exact) mass is 213 g/mol. The summed E-state index contributed by atoms with van der Waals surface area (Å²) >= 11 is 0. The molecule has 0 bridgehead atoms. The van der Waals surface area contributed by atoms with Crippen molar-refractivity contribution >= 4 is 5.91 Å². The highest BCUT2D eigenvalue weighted by Gasteiger charge is 2.11. The van der Waals surface area contributed by atoms with E-state index in [9.17, 15) is 9.18 Å². The third-order valence-corrected chi connectivity index (χ3v) is 1.89. The lowest BCUT2D eigenvalue weighted by molar-refractivity contribution is 0.0999. The molecule has 1 aromatic rings. The summed E-state index contributed by atoms with van der Waals surface area (Å²) in [6.07, 6.45) is 0. The Kier molecular flexibility index (Phi) is 3.62. The summed E-state index contributed by atoms with van der Waals surface area (Å²) in [6, 6.07) is 2.41. The first kappa shape index (κ1) is 11.5. The second-order valence-corrected chi connectivity index (χ2v) is 3.03. The molecule has 1 rings (SSSR count). The molecule has 0 spiro atoms. The van der Waals surface area contributed by atoms with E-state index in [2.05, 4.69) is 0 Å². The highest BCUT2D eigenvalue weighted by molar-refractivity contribution is 5.94. The number of ether oxygens (including phenoxy) is 1. The first-order valence-corrected chi connectivity index (χ1v) is 4.40. The average molecular weight is 213 g/mol. The number of primary amides is 1. The minimum atomic E-state index is -0.638. The molecule has 0 aliphatic heterocycles. The summed E-state index contributed by atoms with van der Waals surface area (Å²) in [5.74, 6) is -1.30. The van der Waals surface area contributed by atoms with Gasteiger partial charge in [0.1, 0.15) is 6.61 Å². The number of hydrogen-bond acceptors (Lipinski definition) is 3. The number of aryl methyl sites for hydroxylation is 1. The van der Waals surface area contributed by atoms with Crippen LogP contribution in [-0.2, 0) is 0 Å². The molecule has 0 atom stereocenters. The Morgan fingerprint density at radius 3 is 2.80 bits per heavy atom. The largest absolute Gasteiger partial charge is 0.488 e. The zero-order chi connectivity index (χ0) is 11.4. The SMILES string of the molecule is Cc1cc(F)c(OCCO)cc1C(N)=O. The van der Waals surface area contributed by atoms with Crippen LogP contribution in [0.25, 0.3) is 0 Å². The van der Waals surface area contributed by atoms with Gasteiger partial charge in [-0.1, -0.05) is 0 Å². The van der Waals surface area contributed by atoms with Gasteiger partial charge in [0.05, 0.1) is 6.61 Å². The van der Waals surface area contributed by atoms with Crippen molar-refractivity contribution < 1.29 is 19.0 Å². The second kappa shape index (κ2) is 4.75. The smallest absolute Gasteiger partial charge is 0.249 e. The fourth-order valence-corrected chi connectivity index (χ4v) is 1.18. The van der Waals surface area contributed by atoms with Gasteiger partial charge in [-0.15, -0.1) is 0 Å². The van der Waals surface area contributed by atoms with E-state index < -0.39 is 11.7 Å². The Balaban J connectivity index is 3.06. The van der Waals surface area contributed by atoms with E-state index in [4.69, 9.17) is 15.6 Å². The molecule has 82 valence electrons. The zero-order valence-electron chi connectivity index (χ0n) is 8.29. The quantitative estimate of drug-likeness (QED) is 0.769. The van der Waals surface area contributed by atoms with Gasteiger partial charge in [-0.3, -0.25) is 4.79 Å². The molecule has 0 aliphatic carbocycles. The minimum absolute atomic E-state index is 0.0296. The van der Waals surface area contributed by atoms with Crippen LogP contribution in [0.15, 0.2) is 12.1 Å². The van der Waals surface area contributed by atoms with E-state index in [1.807, 2.05) is 0 Å². The highest BCUT2D eigenvalue weighted by atomic mass is 19.1. The Hall–Kier alpha value is -1.62. The maximum atomic E-state index is 13.3. The summed E-state index contributed by atoms with van der Waals surface area (Å²) < 4.78 is 18.2. The number of rotatable bonds is 4. The molecule has 0 saturated heterocycles. The minimum Gasteiger partial charge on any atom is -0.488 e. The van der Waals surface area contributed by atoms with Gasteiger partial charge < -0.3 is 15.6 Å². The van der Waals surface area contributed by atoms with Crippen molar-refractivity contribution in [3.05, 3.63) is 29.1 Å². The van der Waals surface area contributed by atoms with Crippen LogP contribution >= 0.6 is 0 Å². The topological polar surface area (TPSA) is 72.6 Å². The molecule has 5 heteroatoms. The van der Waals surface area contributed by atoms with Gasteiger partial charge >= 0.3 is 0 Å². The van der Waals surface area contributed by atoms with Crippen molar-refractivity contribution in [2.45, 2.75) is 6.92 Å². The average Bonchev–Trinajstić information content (AvgIpc) is 2.16. The summed E-state index contributed by atoms with van der Waals surface area (Å²) in [5, 5.41) is 8.51. The first-order chi connectivity index (χ1) is 7.06. The van der Waals surface area contributed by atoms with Crippen LogP contribution in [0.5, 0.6) is 5.75 Å². The van der Waals surface area contributed by atoms with Crippen LogP contribution in [0.3, 0.4) is 0 Å². The molecule has 1 amide bonds. The van der Waals surface area contributed by atoms with Crippen LogP contribution in [0, 0.1) is 12.7 Å². The van der Waals surface area contributed by atoms with Crippen molar-refractivity contribution in [2.75, 3.05) is 13.2 Å². The van der Waals surface area contributed by atoms with Crippen LogP contribution in [0.4, 0.5) is 4.39 Å². The first-order valence-electron chi connectivity index (χ1n) is 4.40. The van der Waals surface area contributed by atoms with Crippen molar-refractivity contribution in [3.63, 3.8) is 0 Å². The van der Waals surface area contributed by atoms with Crippen LogP contribution in [0.2, 0.25) is 0 Å². The van der Waals surface area contributed by atoms with Gasteiger partial charge in [0, 0.05) is 5.56 Å². The lowest BCUT2D eigenvalue weighted by Gasteiger charge is -2.08. The molecule has 0 radical (unpaired) electrons. The number of carbonyl (C=O) groups is 1. The number of nitrogens with two attached hydrogens (primary N) is 1. The summed E-state index contributed by atoms with van der Waals surface area (Å²) in [7, 11) is 0. The van der Waals surface area contributed by atoms with Crippen molar-refractivity contribution in [3.8, 4) is 5.75 Å². The Morgan fingerprint density at radius 2 is 2.27 bits per heavy atom. The Labute approximate surface area is 86.5 Å². The number of carbonyl (C=O) groups excluding carboxylic acids is 1. The van der Waals surface area contributed by atoms with Gasteiger partial charge in [-0.2, -0.15) is 0 Å². The van der Waals surface area contributed by atoms with Crippen LogP contribution in [0.1, 0.15) is 15.9 Å². The van der Waals surface area contributed by atoms with Gasteiger partial charge in [0.15, 0.2) is 11.6 Å². The van der Waals surface area contributed by atoms with Crippen molar-refractivity contribution in [2.24, 2.45) is 5.73 Å². The molecule has 0 fully saturated rings. The number of aliphatic hydroxyl groups is 1. The fraction of sp³-hybridized carbons (Fsp3) is 0.300. The van der Waals surface area contributed by atoms with Crippen molar-refractivity contribution in [1.82, 2.24) is 0 Å². The predicted octanol–water partition coefficient (Wildman–Crippen LogP) is 0.604. The molecule has 0 unspecified atom stereocenters. The van der Waals surface area contributed by atoms with E-state index in [0.29, 0.717) is 5.56 Å². The predicted molar refractivity (Wildman–Crippen MR) is 52.2 cm³/mol. The molecule has 0 aliphatic rings. The second-order valence-electron chi connectivity index (χ2n) is 3.03. The molecule has 0 aromatic heterocycles. The van der Waals surface area contributed by atoms with Gasteiger partial charge in [0.2, 0.25) is 5.91 Å². The molecule has 4 nitrogen and oxygen atoms in total. The van der Waals surface area contributed by atoms with E-state index >= 15 is 0 Å². The summed E-state index contributed by atoms with van der Waals surface area (Å²) in [4.78, 5) is 11.0. The molecule has 0 saturated carbocycles. The number of benzene rings is 1. The Morgan fingerprint density at radius 1 is 1.60 bits per heavy atom. The molecule has 1 aromatic carbocycles. The van der Waals surface area contributed by atoms with Crippen molar-refractivity contribution in [1.29, 1.82) is 0 Å². The maximum Gasteiger partial charge on any atom is 0.249 e. The Bertz CT molecular complexity index is 379. The fourth-order valence-electron chi connectivity index (χ4n) is 1.18. The van der Waals surface area contributed by atoms with E-state index in [1.165, 1.54) is 12.1 Å². The lowest BCUT2D eigenvalue weighted by atomic mass is 10.1. The molecular formula is C10H12FNO3. The van der Waals surface area contributed by atoms with E-state index in [1.54, 1.807) is 6.92 Å². The number of aliphatic hydroxyl groups excluding tert-OH is 1. The van der Waals surface area contributed by atoms with E-state index in [0.717, 1.165) is 0 Å². The van der Waals surface area contributed by atoms with Crippen LogP contribution < -0.4 is 10.5 Å². The third kappa shape index (κ3) is 2.66.